The van der Waals surface area contributed by atoms with Crippen molar-refractivity contribution in [3.05, 3.63) is 0 Å². The maximum Gasteiger partial charge on any atom is 0.324 e. The lowest BCUT2D eigenvalue weighted by Crippen LogP contribution is -2.45. The summed E-state index contributed by atoms with van der Waals surface area (Å²) in [5.74, 6) is 0. The number of hydrogen-bond acceptors (Lipinski definition) is 19. The van der Waals surface area contributed by atoms with Crippen LogP contribution < -0.4 is 0 Å². The quantitative estimate of drug-likeness (QED) is 0.0714. The molecular weight excluding hydrogens is 577 g/mol. The Labute approximate surface area is 216 Å². The summed E-state index contributed by atoms with van der Waals surface area (Å²) in [7, 11) is -7.86. The lowest BCUT2D eigenvalue weighted by Gasteiger charge is -2.34. The minimum absolute atomic E-state index is 0.188. The van der Waals surface area contributed by atoms with Crippen LogP contribution in [0, 0.1) is 16.2 Å². The normalized spacial score (nSPS) is 12.0. The van der Waals surface area contributed by atoms with Gasteiger partial charge in [-0.15, -0.1) is 0 Å². The summed E-state index contributed by atoms with van der Waals surface area (Å²) in [4.78, 5) is 65.1. The molecule has 0 aliphatic carbocycles. The Kier molecular flexibility index (Phi) is 32.2. The smallest absolute Gasteiger partial charge is 0.324 e. The maximum atomic E-state index is 9.56. The molecule has 0 aliphatic heterocycles. The SMILES string of the molecule is OCC(CO)(CO)COCC(CO)(CO)COCC(CO)(CO)CO.OP(O)O.OP(O)O.OP(O)O. The first kappa shape index (κ1) is 44.5. The lowest BCUT2D eigenvalue weighted by molar-refractivity contribution is -0.127. The molecule has 0 aromatic carbocycles. The minimum atomic E-state index is -2.62. The Bertz CT molecular complexity index is 397. The minimum Gasteiger partial charge on any atom is -0.396 e. The Morgan fingerprint density at radius 2 is 0.459 bits per heavy atom. The third-order valence-corrected chi connectivity index (χ3v) is 4.32. The van der Waals surface area contributed by atoms with E-state index in [1.807, 2.05) is 0 Å². The molecule has 0 aromatic heterocycles. The summed E-state index contributed by atoms with van der Waals surface area (Å²) in [6.45, 7) is -4.82. The molecule has 0 spiro atoms. The second kappa shape index (κ2) is 26.7. The van der Waals surface area contributed by atoms with Crippen molar-refractivity contribution in [2.75, 3.05) is 79.3 Å². The van der Waals surface area contributed by atoms with Crippen LogP contribution in [0.5, 0.6) is 0 Å². The zero-order valence-corrected chi connectivity index (χ0v) is 22.4. The first-order chi connectivity index (χ1) is 17.1. The van der Waals surface area contributed by atoms with Gasteiger partial charge in [0, 0.05) is 0 Å². The van der Waals surface area contributed by atoms with Crippen LogP contribution in [-0.4, -0.2) is 164 Å². The van der Waals surface area contributed by atoms with E-state index >= 15 is 0 Å². The molecule has 0 rings (SSSR count). The van der Waals surface area contributed by atoms with Gasteiger partial charge in [-0.2, -0.15) is 0 Å². The summed E-state index contributed by atoms with van der Waals surface area (Å²) in [6.07, 6.45) is 0. The van der Waals surface area contributed by atoms with Gasteiger partial charge in [0.15, 0.2) is 0 Å². The van der Waals surface area contributed by atoms with Crippen LogP contribution in [0.25, 0.3) is 0 Å². The van der Waals surface area contributed by atoms with E-state index in [-0.39, 0.29) is 26.4 Å². The molecule has 0 aromatic rings. The van der Waals surface area contributed by atoms with Gasteiger partial charge in [-0.3, -0.25) is 0 Å². The van der Waals surface area contributed by atoms with Crippen molar-refractivity contribution >= 4 is 25.8 Å². The molecule has 17 N–H and O–H groups in total. The van der Waals surface area contributed by atoms with E-state index in [1.165, 1.54) is 0 Å². The highest BCUT2D eigenvalue weighted by atomic mass is 31.2. The van der Waals surface area contributed by atoms with Gasteiger partial charge < -0.3 is 94.4 Å². The van der Waals surface area contributed by atoms with Crippen molar-refractivity contribution < 1.29 is 94.4 Å². The summed E-state index contributed by atoms with van der Waals surface area (Å²) in [5.41, 5.74) is -3.69. The zero-order valence-electron chi connectivity index (χ0n) is 19.7. The standard InChI is InChI=1S/C15H32O10.3H3O3P/c16-1-13(2-17,3-18)9-24-11-15(7-22,8-23)12-25-10-14(4-19,5-20)6-21;3*1-4(2)3/h16-23H,1-12H2;3*1-3H. The number of rotatable bonds is 16. The third kappa shape index (κ3) is 26.5. The second-order valence-corrected chi connectivity index (χ2v) is 9.17. The molecule has 0 unspecified atom stereocenters. The predicted molar refractivity (Wildman–Crippen MR) is 126 cm³/mol. The number of ether oxygens (including phenoxy) is 2. The molecule has 0 saturated carbocycles. The predicted octanol–water partition coefficient (Wildman–Crippen LogP) is -6.51. The van der Waals surface area contributed by atoms with E-state index in [0.717, 1.165) is 0 Å². The van der Waals surface area contributed by atoms with Crippen LogP contribution in [0.4, 0.5) is 0 Å². The van der Waals surface area contributed by atoms with Crippen LogP contribution in [0.1, 0.15) is 0 Å². The summed E-state index contributed by atoms with van der Waals surface area (Å²) in [5, 5.41) is 74.6. The van der Waals surface area contributed by atoms with Crippen molar-refractivity contribution in [1.82, 2.24) is 0 Å². The molecule has 19 nitrogen and oxygen atoms in total. The van der Waals surface area contributed by atoms with Crippen LogP contribution in [0.15, 0.2) is 0 Å². The Balaban J connectivity index is -0.000000375. The molecule has 0 heterocycles. The molecule has 22 heteroatoms. The number of aliphatic hydroxyl groups is 8. The van der Waals surface area contributed by atoms with Crippen LogP contribution in [0.3, 0.4) is 0 Å². The van der Waals surface area contributed by atoms with Crippen LogP contribution in [-0.2, 0) is 9.47 Å². The molecular formula is C15H41O19P3. The fourth-order valence-electron chi connectivity index (χ4n) is 1.82. The van der Waals surface area contributed by atoms with E-state index in [4.69, 9.17) is 53.5 Å². The summed E-state index contributed by atoms with van der Waals surface area (Å²) >= 11 is 0. The first-order valence-corrected chi connectivity index (χ1v) is 13.3. The molecule has 0 saturated heterocycles. The van der Waals surface area contributed by atoms with E-state index in [2.05, 4.69) is 0 Å². The summed E-state index contributed by atoms with van der Waals surface area (Å²) in [6, 6.07) is 0. The second-order valence-electron chi connectivity index (χ2n) is 7.56. The van der Waals surface area contributed by atoms with Crippen molar-refractivity contribution in [2.45, 2.75) is 0 Å². The van der Waals surface area contributed by atoms with Gasteiger partial charge in [0.05, 0.1) is 95.5 Å². The Hall–Kier alpha value is 0.530. The molecule has 230 valence electrons. The average molecular weight is 618 g/mol. The van der Waals surface area contributed by atoms with Gasteiger partial charge in [0.2, 0.25) is 0 Å². The topological polar surface area (TPSA) is 362 Å². The third-order valence-electron chi connectivity index (χ3n) is 4.32. The van der Waals surface area contributed by atoms with Gasteiger partial charge >= 0.3 is 25.8 Å². The van der Waals surface area contributed by atoms with Gasteiger partial charge in [-0.1, -0.05) is 0 Å². The Morgan fingerprint density at radius 3 is 0.595 bits per heavy atom. The van der Waals surface area contributed by atoms with Gasteiger partial charge in [0.25, 0.3) is 0 Å². The molecule has 37 heavy (non-hydrogen) atoms. The number of hydrogen-bond donors (Lipinski definition) is 17. The van der Waals surface area contributed by atoms with Crippen LogP contribution in [0.2, 0.25) is 0 Å². The van der Waals surface area contributed by atoms with Gasteiger partial charge in [-0.05, 0) is 0 Å². The fourth-order valence-corrected chi connectivity index (χ4v) is 1.82. The van der Waals surface area contributed by atoms with E-state index in [9.17, 15) is 40.9 Å². The largest absolute Gasteiger partial charge is 0.396 e. The van der Waals surface area contributed by atoms with E-state index < -0.39 is 94.9 Å². The molecule has 0 aliphatic rings. The molecule has 0 fully saturated rings. The highest BCUT2D eigenvalue weighted by molar-refractivity contribution is 7.38. The fraction of sp³-hybridized carbons (Fsp3) is 1.00. The molecule has 0 radical (unpaired) electrons. The first-order valence-electron chi connectivity index (χ1n) is 9.73. The molecule has 0 amide bonds. The highest BCUT2D eigenvalue weighted by Crippen LogP contribution is 2.23. The van der Waals surface area contributed by atoms with E-state index in [1.54, 1.807) is 0 Å². The number of aliphatic hydroxyl groups excluding tert-OH is 8. The van der Waals surface area contributed by atoms with E-state index in [0.29, 0.717) is 0 Å². The monoisotopic (exact) mass is 618 g/mol. The highest BCUT2D eigenvalue weighted by Gasteiger charge is 2.35. The van der Waals surface area contributed by atoms with Gasteiger partial charge in [-0.25, -0.2) is 0 Å². The van der Waals surface area contributed by atoms with Crippen molar-refractivity contribution in [3.8, 4) is 0 Å². The average Bonchev–Trinajstić information content (AvgIpc) is 2.83. The molecule has 0 bridgehead atoms. The van der Waals surface area contributed by atoms with Crippen molar-refractivity contribution in [2.24, 2.45) is 16.2 Å². The van der Waals surface area contributed by atoms with Gasteiger partial charge in [0.1, 0.15) is 0 Å². The Morgan fingerprint density at radius 1 is 0.324 bits per heavy atom. The van der Waals surface area contributed by atoms with Crippen LogP contribution >= 0.6 is 25.8 Å². The van der Waals surface area contributed by atoms with Crippen molar-refractivity contribution in [3.63, 3.8) is 0 Å². The zero-order chi connectivity index (χ0) is 30.1. The summed E-state index contributed by atoms with van der Waals surface area (Å²) < 4.78 is 10.7. The molecule has 0 atom stereocenters. The lowest BCUT2D eigenvalue weighted by atomic mass is 9.90. The maximum absolute atomic E-state index is 9.56. The van der Waals surface area contributed by atoms with Crippen molar-refractivity contribution in [1.29, 1.82) is 0 Å².